The van der Waals surface area contributed by atoms with E-state index >= 15 is 0 Å². The van der Waals surface area contributed by atoms with Crippen molar-refractivity contribution in [1.82, 2.24) is 19.6 Å². The van der Waals surface area contributed by atoms with Crippen molar-refractivity contribution in [2.75, 3.05) is 5.32 Å². The predicted molar refractivity (Wildman–Crippen MR) is 98.0 cm³/mol. The lowest BCUT2D eigenvalue weighted by atomic mass is 10.2. The molecule has 1 aromatic carbocycles. The quantitative estimate of drug-likeness (QED) is 0.411. The lowest BCUT2D eigenvalue weighted by Crippen LogP contribution is -2.18. The van der Waals surface area contributed by atoms with Crippen LogP contribution in [0.15, 0.2) is 52.6 Å². The van der Waals surface area contributed by atoms with Crippen LogP contribution in [0.25, 0.3) is 16.5 Å². The predicted octanol–water partition coefficient (Wildman–Crippen LogP) is 2.31. The number of thiophene rings is 1. The van der Waals surface area contributed by atoms with Gasteiger partial charge in [0.2, 0.25) is 5.78 Å². The zero-order valence-electron chi connectivity index (χ0n) is 13.4. The first-order valence-corrected chi connectivity index (χ1v) is 8.49. The highest BCUT2D eigenvalue weighted by Gasteiger charge is 2.16. The van der Waals surface area contributed by atoms with Crippen molar-refractivity contribution in [3.8, 4) is 10.7 Å². The molecule has 0 saturated carbocycles. The van der Waals surface area contributed by atoms with E-state index in [-0.39, 0.29) is 22.8 Å². The molecule has 0 aliphatic rings. The topological polar surface area (TPSA) is 135 Å². The Kier molecular flexibility index (Phi) is 3.97. The van der Waals surface area contributed by atoms with E-state index in [2.05, 4.69) is 20.4 Å². The summed E-state index contributed by atoms with van der Waals surface area (Å²) in [5.74, 6) is 0.0530. The van der Waals surface area contributed by atoms with E-state index in [0.29, 0.717) is 5.82 Å². The Morgan fingerprint density at radius 2 is 2.11 bits per heavy atom. The van der Waals surface area contributed by atoms with Crippen LogP contribution in [0.5, 0.6) is 0 Å². The Morgan fingerprint density at radius 1 is 1.26 bits per heavy atom. The minimum Gasteiger partial charge on any atom is -0.306 e. The van der Waals surface area contributed by atoms with E-state index < -0.39 is 16.4 Å². The standard InChI is InChI=1S/C16H10N6O4S/c23-13-8-12(17-15(24)9-3-1-4-10(7-9)22(25)26)21-16(18-13)19-14(20-21)11-5-2-6-27-11/h1-8H,(H,17,24)(H,18,19,20,23). The van der Waals surface area contributed by atoms with E-state index in [9.17, 15) is 19.7 Å². The van der Waals surface area contributed by atoms with Crippen molar-refractivity contribution in [3.05, 3.63) is 73.9 Å². The number of nitrogens with one attached hydrogen (secondary N) is 2. The number of non-ortho nitro benzene ring substituents is 1. The highest BCUT2D eigenvalue weighted by atomic mass is 32.1. The Balaban J connectivity index is 1.73. The fourth-order valence-corrected chi connectivity index (χ4v) is 3.09. The highest BCUT2D eigenvalue weighted by Crippen LogP contribution is 2.22. The SMILES string of the molecule is O=C(Nc1cc(=O)[nH]c2nc(-c3cccs3)nn12)c1cccc([N+](=O)[O-])c1. The molecule has 3 aromatic heterocycles. The van der Waals surface area contributed by atoms with Gasteiger partial charge < -0.3 is 5.32 Å². The molecular weight excluding hydrogens is 372 g/mol. The third-order valence-electron chi connectivity index (χ3n) is 3.64. The summed E-state index contributed by atoms with van der Waals surface area (Å²) in [6.45, 7) is 0. The molecule has 0 unspecified atom stereocenters. The molecule has 3 heterocycles. The number of rotatable bonds is 4. The second-order valence-corrected chi connectivity index (χ2v) is 6.38. The van der Waals surface area contributed by atoms with Gasteiger partial charge in [0.15, 0.2) is 5.82 Å². The van der Waals surface area contributed by atoms with Crippen LogP contribution in [0.2, 0.25) is 0 Å². The molecule has 0 saturated heterocycles. The van der Waals surface area contributed by atoms with Crippen molar-refractivity contribution in [2.24, 2.45) is 0 Å². The van der Waals surface area contributed by atoms with Gasteiger partial charge in [0, 0.05) is 23.8 Å². The number of nitro groups is 1. The Hall–Kier alpha value is -3.86. The maximum Gasteiger partial charge on any atom is 0.270 e. The molecule has 0 atom stereocenters. The number of carbonyl (C=O) groups excluding carboxylic acids is 1. The maximum absolute atomic E-state index is 12.5. The van der Waals surface area contributed by atoms with Gasteiger partial charge in [0.1, 0.15) is 5.82 Å². The van der Waals surface area contributed by atoms with Crippen LogP contribution in [0.3, 0.4) is 0 Å². The molecule has 0 aliphatic heterocycles. The van der Waals surface area contributed by atoms with Crippen molar-refractivity contribution in [2.45, 2.75) is 0 Å². The summed E-state index contributed by atoms with van der Waals surface area (Å²) in [6, 6.07) is 10.1. The third kappa shape index (κ3) is 3.18. The van der Waals surface area contributed by atoms with Gasteiger partial charge in [-0.2, -0.15) is 9.50 Å². The molecule has 10 nitrogen and oxygen atoms in total. The fourth-order valence-electron chi connectivity index (χ4n) is 2.44. The van der Waals surface area contributed by atoms with Gasteiger partial charge in [-0.1, -0.05) is 12.1 Å². The first kappa shape index (κ1) is 16.6. The molecule has 4 rings (SSSR count). The number of benzene rings is 1. The number of nitro benzene ring substituents is 1. The van der Waals surface area contributed by atoms with Crippen LogP contribution in [-0.4, -0.2) is 30.4 Å². The molecule has 134 valence electrons. The summed E-state index contributed by atoms with van der Waals surface area (Å²) in [5.41, 5.74) is -0.599. The minimum atomic E-state index is -0.612. The minimum absolute atomic E-state index is 0.0798. The Labute approximate surface area is 154 Å². The second-order valence-electron chi connectivity index (χ2n) is 5.43. The monoisotopic (exact) mass is 382 g/mol. The van der Waals surface area contributed by atoms with Gasteiger partial charge in [-0.15, -0.1) is 16.4 Å². The Bertz CT molecular complexity index is 1230. The number of fused-ring (bicyclic) bond motifs is 1. The molecule has 2 N–H and O–H groups in total. The number of carbonyl (C=O) groups is 1. The third-order valence-corrected chi connectivity index (χ3v) is 4.51. The zero-order chi connectivity index (χ0) is 19.0. The number of anilines is 1. The largest absolute Gasteiger partial charge is 0.306 e. The molecule has 27 heavy (non-hydrogen) atoms. The number of aromatic nitrogens is 4. The number of hydrogen-bond acceptors (Lipinski definition) is 7. The van der Waals surface area contributed by atoms with Gasteiger partial charge in [0.25, 0.3) is 17.2 Å². The summed E-state index contributed by atoms with van der Waals surface area (Å²) in [5, 5.41) is 19.6. The molecule has 4 aromatic rings. The van der Waals surface area contributed by atoms with E-state index in [4.69, 9.17) is 0 Å². The molecule has 0 spiro atoms. The number of nitrogens with zero attached hydrogens (tertiary/aromatic N) is 4. The van der Waals surface area contributed by atoms with E-state index in [1.54, 1.807) is 0 Å². The molecule has 0 bridgehead atoms. The van der Waals surface area contributed by atoms with Gasteiger partial charge in [-0.05, 0) is 17.5 Å². The van der Waals surface area contributed by atoms with Crippen LogP contribution < -0.4 is 10.9 Å². The van der Waals surface area contributed by atoms with Crippen molar-refractivity contribution in [3.63, 3.8) is 0 Å². The van der Waals surface area contributed by atoms with E-state index in [1.165, 1.54) is 34.1 Å². The summed E-state index contributed by atoms with van der Waals surface area (Å²) in [7, 11) is 0. The maximum atomic E-state index is 12.5. The van der Waals surface area contributed by atoms with Gasteiger partial charge in [0.05, 0.1) is 9.80 Å². The van der Waals surface area contributed by atoms with Crippen LogP contribution in [-0.2, 0) is 0 Å². The first-order valence-electron chi connectivity index (χ1n) is 7.61. The molecule has 1 amide bonds. The summed E-state index contributed by atoms with van der Waals surface area (Å²) < 4.78 is 1.30. The van der Waals surface area contributed by atoms with Crippen LogP contribution in [0.4, 0.5) is 11.5 Å². The average Bonchev–Trinajstić information content (AvgIpc) is 3.31. The highest BCUT2D eigenvalue weighted by molar-refractivity contribution is 7.13. The summed E-state index contributed by atoms with van der Waals surface area (Å²) >= 11 is 1.43. The second kappa shape index (κ2) is 6.46. The van der Waals surface area contributed by atoms with Crippen molar-refractivity contribution >= 4 is 34.5 Å². The average molecular weight is 382 g/mol. The van der Waals surface area contributed by atoms with Crippen molar-refractivity contribution < 1.29 is 9.72 Å². The van der Waals surface area contributed by atoms with Gasteiger partial charge in [-0.3, -0.25) is 24.7 Å². The Morgan fingerprint density at radius 3 is 2.85 bits per heavy atom. The van der Waals surface area contributed by atoms with E-state index in [1.807, 2.05) is 17.5 Å². The number of amides is 1. The molecule has 0 fully saturated rings. The first-order chi connectivity index (χ1) is 13.0. The number of aromatic amines is 1. The van der Waals surface area contributed by atoms with E-state index in [0.717, 1.165) is 17.0 Å². The van der Waals surface area contributed by atoms with Crippen LogP contribution in [0, 0.1) is 10.1 Å². The fraction of sp³-hybridized carbons (Fsp3) is 0. The summed E-state index contributed by atoms with van der Waals surface area (Å²) in [4.78, 5) is 42.3. The number of H-pyrrole nitrogens is 1. The molecule has 11 heteroatoms. The lowest BCUT2D eigenvalue weighted by Gasteiger charge is -2.06. The van der Waals surface area contributed by atoms with Crippen molar-refractivity contribution in [1.29, 1.82) is 0 Å². The van der Waals surface area contributed by atoms with Gasteiger partial charge in [-0.25, -0.2) is 0 Å². The molecular formula is C16H10N6O4S. The number of hydrogen-bond donors (Lipinski definition) is 2. The van der Waals surface area contributed by atoms with Crippen LogP contribution >= 0.6 is 11.3 Å². The smallest absolute Gasteiger partial charge is 0.270 e. The summed E-state index contributed by atoms with van der Waals surface area (Å²) in [6.07, 6.45) is 0. The lowest BCUT2D eigenvalue weighted by molar-refractivity contribution is -0.384. The van der Waals surface area contributed by atoms with Crippen LogP contribution in [0.1, 0.15) is 10.4 Å². The molecule has 0 radical (unpaired) electrons. The van der Waals surface area contributed by atoms with Gasteiger partial charge >= 0.3 is 0 Å². The zero-order valence-corrected chi connectivity index (χ0v) is 14.3. The normalized spacial score (nSPS) is 10.8. The molecule has 0 aliphatic carbocycles.